The Balaban J connectivity index is 1.57. The minimum atomic E-state index is -4.98. The van der Waals surface area contributed by atoms with Gasteiger partial charge in [-0.25, -0.2) is 4.98 Å². The minimum Gasteiger partial charge on any atom is -0.441 e. The Morgan fingerprint density at radius 1 is 1.29 bits per heavy atom. The summed E-state index contributed by atoms with van der Waals surface area (Å²) in [5.74, 6) is -1.47. The zero-order valence-electron chi connectivity index (χ0n) is 15.3. The lowest BCUT2D eigenvalue weighted by Gasteiger charge is -2.24. The van der Waals surface area contributed by atoms with Crippen LogP contribution in [-0.4, -0.2) is 47.0 Å². The van der Waals surface area contributed by atoms with E-state index in [1.807, 2.05) is 30.3 Å². The van der Waals surface area contributed by atoms with E-state index in [-0.39, 0.29) is 19.5 Å². The van der Waals surface area contributed by atoms with Gasteiger partial charge in [-0.2, -0.15) is 13.2 Å². The molecule has 1 fully saturated rings. The highest BCUT2D eigenvalue weighted by Crippen LogP contribution is 2.26. The average Bonchev–Trinajstić information content (AvgIpc) is 3.28. The highest BCUT2D eigenvalue weighted by molar-refractivity contribution is 5.90. The van der Waals surface area contributed by atoms with Crippen LogP contribution in [0.3, 0.4) is 0 Å². The molecule has 3 rings (SSSR count). The van der Waals surface area contributed by atoms with Gasteiger partial charge in [-0.1, -0.05) is 18.2 Å². The minimum absolute atomic E-state index is 0.0702. The number of hydrogen-bond donors (Lipinski definition) is 1. The fraction of sp³-hybridized carbons (Fsp3) is 0.421. The third-order valence-corrected chi connectivity index (χ3v) is 4.63. The maximum Gasteiger partial charge on any atom is 0.471 e. The molecule has 1 atom stereocenters. The summed E-state index contributed by atoms with van der Waals surface area (Å²) in [6, 6.07) is 8.25. The first-order valence-corrected chi connectivity index (χ1v) is 8.94. The predicted octanol–water partition coefficient (Wildman–Crippen LogP) is 2.86. The molecule has 2 aromatic rings. The first-order chi connectivity index (χ1) is 13.3. The smallest absolute Gasteiger partial charge is 0.441 e. The van der Waals surface area contributed by atoms with Gasteiger partial charge in [-0.15, -0.1) is 0 Å². The number of benzene rings is 1. The Bertz CT molecular complexity index is 849. The Morgan fingerprint density at radius 3 is 2.68 bits per heavy atom. The molecule has 1 aliphatic rings. The molecule has 1 aromatic carbocycles. The lowest BCUT2D eigenvalue weighted by atomic mass is 10.2. The summed E-state index contributed by atoms with van der Waals surface area (Å²) >= 11 is 0. The summed E-state index contributed by atoms with van der Waals surface area (Å²) in [4.78, 5) is 28.8. The quantitative estimate of drug-likeness (QED) is 0.845. The zero-order chi connectivity index (χ0) is 20.3. The number of aromatic nitrogens is 1. The van der Waals surface area contributed by atoms with Crippen LogP contribution >= 0.6 is 0 Å². The summed E-state index contributed by atoms with van der Waals surface area (Å²) in [7, 11) is 0. The number of nitrogens with zero attached hydrogens (tertiary/aromatic N) is 2. The van der Waals surface area contributed by atoms with Crippen LogP contribution in [0, 0.1) is 6.92 Å². The van der Waals surface area contributed by atoms with E-state index in [1.54, 1.807) is 6.92 Å². The molecular formula is C19H20F3N3O3. The van der Waals surface area contributed by atoms with Crippen LogP contribution in [-0.2, 0) is 16.0 Å². The normalized spacial score (nSPS) is 17.0. The van der Waals surface area contributed by atoms with Gasteiger partial charge in [0, 0.05) is 25.1 Å². The molecule has 1 aliphatic heterocycles. The number of rotatable bonds is 5. The number of amides is 2. The van der Waals surface area contributed by atoms with Crippen LogP contribution in [0.1, 0.15) is 24.3 Å². The van der Waals surface area contributed by atoms with Gasteiger partial charge in [0.15, 0.2) is 0 Å². The second-order valence-corrected chi connectivity index (χ2v) is 6.58. The van der Waals surface area contributed by atoms with Crippen molar-refractivity contribution in [3.05, 3.63) is 41.8 Å². The summed E-state index contributed by atoms with van der Waals surface area (Å²) in [5, 5.41) is 2.60. The molecule has 1 unspecified atom stereocenters. The first kappa shape index (κ1) is 19.9. The molecule has 6 nitrogen and oxygen atoms in total. The van der Waals surface area contributed by atoms with Crippen LogP contribution in [0.5, 0.6) is 0 Å². The summed E-state index contributed by atoms with van der Waals surface area (Å²) < 4.78 is 43.6. The molecule has 1 N–H and O–H groups in total. The van der Waals surface area contributed by atoms with Crippen LogP contribution < -0.4 is 5.32 Å². The molecule has 1 aromatic heterocycles. The molecule has 0 radical (unpaired) electrons. The van der Waals surface area contributed by atoms with Crippen LogP contribution in [0.4, 0.5) is 13.2 Å². The van der Waals surface area contributed by atoms with Crippen molar-refractivity contribution in [2.75, 3.05) is 13.1 Å². The van der Waals surface area contributed by atoms with E-state index in [9.17, 15) is 22.8 Å². The largest absolute Gasteiger partial charge is 0.471 e. The van der Waals surface area contributed by atoms with Crippen molar-refractivity contribution in [2.24, 2.45) is 0 Å². The Kier molecular flexibility index (Phi) is 5.71. The van der Waals surface area contributed by atoms with Crippen molar-refractivity contribution >= 4 is 11.8 Å². The van der Waals surface area contributed by atoms with Crippen LogP contribution in [0.2, 0.25) is 0 Å². The molecule has 0 saturated carbocycles. The second kappa shape index (κ2) is 8.04. The Morgan fingerprint density at radius 2 is 2.00 bits per heavy atom. The van der Waals surface area contributed by atoms with Gasteiger partial charge < -0.3 is 14.6 Å². The van der Waals surface area contributed by atoms with Crippen molar-refractivity contribution in [3.8, 4) is 11.5 Å². The second-order valence-electron chi connectivity index (χ2n) is 6.58. The van der Waals surface area contributed by atoms with Crippen molar-refractivity contribution in [1.82, 2.24) is 15.2 Å². The third-order valence-electron chi connectivity index (χ3n) is 4.63. The average molecular weight is 395 g/mol. The lowest BCUT2D eigenvalue weighted by Crippen LogP contribution is -2.50. The number of likely N-dealkylation sites (tertiary alicyclic amines) is 1. The van der Waals surface area contributed by atoms with Crippen molar-refractivity contribution in [3.63, 3.8) is 0 Å². The number of carbonyl (C=O) groups excluding carboxylic acids is 2. The highest BCUT2D eigenvalue weighted by atomic mass is 19.4. The Labute approximate surface area is 159 Å². The topological polar surface area (TPSA) is 75.4 Å². The molecule has 0 aliphatic carbocycles. The molecular weight excluding hydrogens is 375 g/mol. The summed E-state index contributed by atoms with van der Waals surface area (Å²) in [6.07, 6.45) is -4.03. The third kappa shape index (κ3) is 4.35. The lowest BCUT2D eigenvalue weighted by molar-refractivity contribution is -0.186. The summed E-state index contributed by atoms with van der Waals surface area (Å²) in [6.45, 7) is 1.88. The van der Waals surface area contributed by atoms with Gasteiger partial charge in [0.25, 0.3) is 0 Å². The van der Waals surface area contributed by atoms with E-state index in [1.165, 1.54) is 0 Å². The van der Waals surface area contributed by atoms with Crippen LogP contribution in [0.15, 0.2) is 34.7 Å². The maximum atomic E-state index is 12.7. The van der Waals surface area contributed by atoms with E-state index in [0.29, 0.717) is 35.1 Å². The van der Waals surface area contributed by atoms with E-state index in [4.69, 9.17) is 4.42 Å². The van der Waals surface area contributed by atoms with E-state index in [2.05, 4.69) is 10.3 Å². The number of aryl methyl sites for hydroxylation is 1. The Hall–Kier alpha value is -2.84. The predicted molar refractivity (Wildman–Crippen MR) is 94.2 cm³/mol. The van der Waals surface area contributed by atoms with Gasteiger partial charge in [0.2, 0.25) is 11.8 Å². The number of halogens is 3. The molecule has 2 heterocycles. The summed E-state index contributed by atoms with van der Waals surface area (Å²) in [5.41, 5.74) is 1.49. The van der Waals surface area contributed by atoms with E-state index < -0.39 is 24.0 Å². The number of carbonyl (C=O) groups is 2. The zero-order valence-corrected chi connectivity index (χ0v) is 15.3. The number of nitrogens with one attached hydrogen (secondary N) is 1. The highest BCUT2D eigenvalue weighted by Gasteiger charge is 2.47. The molecule has 9 heteroatoms. The molecule has 28 heavy (non-hydrogen) atoms. The number of alkyl halides is 3. The van der Waals surface area contributed by atoms with E-state index >= 15 is 0 Å². The SMILES string of the molecule is Cc1oc(-c2ccccc2)nc1CCNC(=O)C1CCCN1C(=O)C(F)(F)F. The van der Waals surface area contributed by atoms with Gasteiger partial charge in [-0.05, 0) is 31.9 Å². The maximum absolute atomic E-state index is 12.7. The number of hydrogen-bond acceptors (Lipinski definition) is 4. The van der Waals surface area contributed by atoms with Crippen molar-refractivity contribution < 1.29 is 27.2 Å². The monoisotopic (exact) mass is 395 g/mol. The van der Waals surface area contributed by atoms with Crippen molar-refractivity contribution in [1.29, 1.82) is 0 Å². The van der Waals surface area contributed by atoms with E-state index in [0.717, 1.165) is 5.56 Å². The number of oxazole rings is 1. The first-order valence-electron chi connectivity index (χ1n) is 8.94. The van der Waals surface area contributed by atoms with Gasteiger partial charge in [0.05, 0.1) is 5.69 Å². The molecule has 0 spiro atoms. The van der Waals surface area contributed by atoms with Crippen molar-refractivity contribution in [2.45, 2.75) is 38.4 Å². The van der Waals surface area contributed by atoms with Gasteiger partial charge >= 0.3 is 12.1 Å². The van der Waals surface area contributed by atoms with Gasteiger partial charge in [-0.3, -0.25) is 9.59 Å². The van der Waals surface area contributed by atoms with Gasteiger partial charge in [0.1, 0.15) is 11.8 Å². The molecule has 2 amide bonds. The van der Waals surface area contributed by atoms with Crippen LogP contribution in [0.25, 0.3) is 11.5 Å². The molecule has 0 bridgehead atoms. The molecule has 1 saturated heterocycles. The standard InChI is InChI=1S/C19H20F3N3O3/c1-12-14(24-17(28-12)13-6-3-2-4-7-13)9-10-23-16(26)15-8-5-11-25(15)18(27)19(20,21)22/h2-4,6-7,15H,5,8-11H2,1H3,(H,23,26). The molecule has 150 valence electrons. The fourth-order valence-corrected chi connectivity index (χ4v) is 3.23. The fourth-order valence-electron chi connectivity index (χ4n) is 3.23.